The first-order valence-electron chi connectivity index (χ1n) is 4.90. The Hall–Kier alpha value is -0.440. The third-order valence-corrected chi connectivity index (χ3v) is 3.74. The van der Waals surface area contributed by atoms with Gasteiger partial charge in [-0.1, -0.05) is 23.2 Å². The number of carbonyl (C=O) groups excluding carboxylic acids is 1. The van der Waals surface area contributed by atoms with Gasteiger partial charge in [-0.15, -0.1) is 11.6 Å². The van der Waals surface area contributed by atoms with Gasteiger partial charge >= 0.3 is 0 Å². The second kappa shape index (κ2) is 4.44. The number of halogens is 3. The van der Waals surface area contributed by atoms with Crippen molar-refractivity contribution >= 4 is 40.7 Å². The molecule has 1 aromatic carbocycles. The van der Waals surface area contributed by atoms with Crippen LogP contribution in [0.2, 0.25) is 10.0 Å². The maximum Gasteiger partial charge on any atom is 0.253 e. The number of carbonyl (C=O) groups is 1. The molecule has 86 valence electrons. The van der Waals surface area contributed by atoms with Gasteiger partial charge in [0.05, 0.1) is 16.1 Å². The van der Waals surface area contributed by atoms with Crippen LogP contribution in [0.3, 0.4) is 0 Å². The van der Waals surface area contributed by atoms with Gasteiger partial charge in [0.2, 0.25) is 0 Å². The van der Waals surface area contributed by atoms with Gasteiger partial charge in [-0.2, -0.15) is 0 Å². The molecule has 1 N–H and O–H groups in total. The summed E-state index contributed by atoms with van der Waals surface area (Å²) in [7, 11) is 0. The molecule has 1 fully saturated rings. The maximum atomic E-state index is 11.9. The van der Waals surface area contributed by atoms with E-state index < -0.39 is 0 Å². The summed E-state index contributed by atoms with van der Waals surface area (Å²) in [5.74, 6) is 0.211. The first kappa shape index (κ1) is 12.0. The van der Waals surface area contributed by atoms with Crippen LogP contribution in [0.1, 0.15) is 23.2 Å². The summed E-state index contributed by atoms with van der Waals surface area (Å²) in [5, 5.41) is 3.77. The van der Waals surface area contributed by atoms with Crippen LogP contribution in [-0.2, 0) is 0 Å². The standard InChI is InChI=1S/C11H10Cl3NO/c12-6-11(3-4-11)15-10(16)8-5-7(13)1-2-9(8)14/h1-2,5H,3-4,6H2,(H,15,16). The van der Waals surface area contributed by atoms with Crippen LogP contribution in [0.15, 0.2) is 18.2 Å². The zero-order chi connectivity index (χ0) is 11.8. The van der Waals surface area contributed by atoms with Gasteiger partial charge in [-0.25, -0.2) is 0 Å². The minimum Gasteiger partial charge on any atom is -0.345 e. The summed E-state index contributed by atoms with van der Waals surface area (Å²) in [4.78, 5) is 11.9. The second-order valence-corrected chi connectivity index (χ2v) is 5.10. The SMILES string of the molecule is O=C(NC1(CCl)CC1)c1cc(Cl)ccc1Cl. The molecule has 1 aliphatic rings. The predicted octanol–water partition coefficient (Wildman–Crippen LogP) is 3.49. The van der Waals surface area contributed by atoms with Crippen LogP contribution in [0.5, 0.6) is 0 Å². The van der Waals surface area contributed by atoms with Crippen molar-refractivity contribution in [2.75, 3.05) is 5.88 Å². The number of hydrogen-bond acceptors (Lipinski definition) is 1. The van der Waals surface area contributed by atoms with Crippen molar-refractivity contribution in [3.8, 4) is 0 Å². The van der Waals surface area contributed by atoms with Crippen molar-refractivity contribution in [2.45, 2.75) is 18.4 Å². The van der Waals surface area contributed by atoms with Crippen LogP contribution in [0.25, 0.3) is 0 Å². The number of nitrogens with one attached hydrogen (secondary N) is 1. The average molecular weight is 279 g/mol. The van der Waals surface area contributed by atoms with E-state index in [1.165, 1.54) is 0 Å². The van der Waals surface area contributed by atoms with E-state index in [-0.39, 0.29) is 11.4 Å². The summed E-state index contributed by atoms with van der Waals surface area (Å²) in [5.41, 5.74) is 0.162. The van der Waals surface area contributed by atoms with Gasteiger partial charge in [-0.05, 0) is 31.0 Å². The van der Waals surface area contributed by atoms with Gasteiger partial charge < -0.3 is 5.32 Å². The van der Waals surface area contributed by atoms with Crippen LogP contribution >= 0.6 is 34.8 Å². The van der Waals surface area contributed by atoms with E-state index in [0.717, 1.165) is 12.8 Å². The quantitative estimate of drug-likeness (QED) is 0.843. The highest BCUT2D eigenvalue weighted by Gasteiger charge is 2.43. The fourth-order valence-corrected chi connectivity index (χ4v) is 2.13. The first-order valence-corrected chi connectivity index (χ1v) is 6.19. The first-order chi connectivity index (χ1) is 7.56. The largest absolute Gasteiger partial charge is 0.345 e. The summed E-state index contributed by atoms with van der Waals surface area (Å²) in [6.07, 6.45) is 1.83. The Kier molecular flexibility index (Phi) is 3.34. The zero-order valence-electron chi connectivity index (χ0n) is 8.40. The molecule has 1 aliphatic carbocycles. The highest BCUT2D eigenvalue weighted by molar-refractivity contribution is 6.35. The fourth-order valence-electron chi connectivity index (χ4n) is 1.42. The maximum absolute atomic E-state index is 11.9. The molecule has 2 rings (SSSR count). The Morgan fingerprint density at radius 2 is 2.06 bits per heavy atom. The molecular weight excluding hydrogens is 268 g/mol. The van der Waals surface area contributed by atoms with Gasteiger partial charge in [0.15, 0.2) is 0 Å². The minimum atomic E-state index is -0.232. The third kappa shape index (κ3) is 2.45. The highest BCUT2D eigenvalue weighted by atomic mass is 35.5. The van der Waals surface area contributed by atoms with Crippen LogP contribution in [-0.4, -0.2) is 17.3 Å². The molecule has 1 saturated carbocycles. The van der Waals surface area contributed by atoms with E-state index >= 15 is 0 Å². The molecule has 0 aliphatic heterocycles. The molecule has 16 heavy (non-hydrogen) atoms. The Balaban J connectivity index is 2.17. The van der Waals surface area contributed by atoms with E-state index in [4.69, 9.17) is 34.8 Å². The molecule has 5 heteroatoms. The predicted molar refractivity (Wildman–Crippen MR) is 66.6 cm³/mol. The topological polar surface area (TPSA) is 29.1 Å². The summed E-state index contributed by atoms with van der Waals surface area (Å²) in [6.45, 7) is 0. The van der Waals surface area contributed by atoms with Crippen molar-refractivity contribution < 1.29 is 4.79 Å². The fraction of sp³-hybridized carbons (Fsp3) is 0.364. The normalized spacial score (nSPS) is 16.9. The van der Waals surface area contributed by atoms with Gasteiger partial charge in [0.25, 0.3) is 5.91 Å². The van der Waals surface area contributed by atoms with Gasteiger partial charge in [0, 0.05) is 10.9 Å². The molecule has 0 spiro atoms. The molecule has 1 amide bonds. The van der Waals surface area contributed by atoms with E-state index in [2.05, 4.69) is 5.32 Å². The lowest BCUT2D eigenvalue weighted by molar-refractivity contribution is 0.0936. The van der Waals surface area contributed by atoms with Crippen molar-refractivity contribution in [1.82, 2.24) is 5.32 Å². The van der Waals surface area contributed by atoms with E-state index in [1.807, 2.05) is 0 Å². The summed E-state index contributed by atoms with van der Waals surface area (Å²) < 4.78 is 0. The average Bonchev–Trinajstić information content (AvgIpc) is 3.02. The molecule has 0 heterocycles. The molecule has 0 atom stereocenters. The molecule has 2 nitrogen and oxygen atoms in total. The summed E-state index contributed by atoms with van der Waals surface area (Å²) in [6, 6.07) is 4.82. The Labute approximate surface area is 109 Å². The monoisotopic (exact) mass is 277 g/mol. The van der Waals surface area contributed by atoms with Crippen molar-refractivity contribution in [3.05, 3.63) is 33.8 Å². The summed E-state index contributed by atoms with van der Waals surface area (Å²) >= 11 is 17.5. The van der Waals surface area contributed by atoms with Gasteiger partial charge in [0.1, 0.15) is 0 Å². The molecule has 0 radical (unpaired) electrons. The van der Waals surface area contributed by atoms with Crippen molar-refractivity contribution in [2.24, 2.45) is 0 Å². The number of alkyl halides is 1. The van der Waals surface area contributed by atoms with Crippen molar-refractivity contribution in [3.63, 3.8) is 0 Å². The lowest BCUT2D eigenvalue weighted by atomic mass is 10.2. The number of amides is 1. The molecular formula is C11H10Cl3NO. The third-order valence-electron chi connectivity index (χ3n) is 2.66. The van der Waals surface area contributed by atoms with Gasteiger partial charge in [-0.3, -0.25) is 4.79 Å². The number of benzene rings is 1. The molecule has 0 unspecified atom stereocenters. The van der Waals surface area contributed by atoms with Crippen molar-refractivity contribution in [1.29, 1.82) is 0 Å². The molecule has 0 aromatic heterocycles. The Bertz CT molecular complexity index is 429. The molecule has 1 aromatic rings. The van der Waals surface area contributed by atoms with E-state index in [0.29, 0.717) is 21.5 Å². The van der Waals surface area contributed by atoms with Crippen LogP contribution < -0.4 is 5.32 Å². The Morgan fingerprint density at radius 3 is 2.62 bits per heavy atom. The Morgan fingerprint density at radius 1 is 1.38 bits per heavy atom. The smallest absolute Gasteiger partial charge is 0.253 e. The van der Waals surface area contributed by atoms with Crippen LogP contribution in [0.4, 0.5) is 0 Å². The zero-order valence-corrected chi connectivity index (χ0v) is 10.7. The molecule has 0 saturated heterocycles. The van der Waals surface area contributed by atoms with E-state index in [1.54, 1.807) is 18.2 Å². The minimum absolute atomic E-state index is 0.217. The second-order valence-electron chi connectivity index (χ2n) is 3.99. The van der Waals surface area contributed by atoms with Crippen LogP contribution in [0, 0.1) is 0 Å². The lowest BCUT2D eigenvalue weighted by Gasteiger charge is -2.14. The van der Waals surface area contributed by atoms with E-state index in [9.17, 15) is 4.79 Å². The number of hydrogen-bond donors (Lipinski definition) is 1. The highest BCUT2D eigenvalue weighted by Crippen LogP contribution is 2.37. The lowest BCUT2D eigenvalue weighted by Crippen LogP contribution is -2.38. The number of rotatable bonds is 3. The molecule has 0 bridgehead atoms.